The summed E-state index contributed by atoms with van der Waals surface area (Å²) in [7, 11) is 1.54. The molecular weight excluding hydrogens is 381 g/mol. The Morgan fingerprint density at radius 3 is 2.45 bits per heavy atom. The van der Waals surface area contributed by atoms with Gasteiger partial charge in [0.25, 0.3) is 11.8 Å². The van der Waals surface area contributed by atoms with Crippen LogP contribution in [0, 0.1) is 5.82 Å². The van der Waals surface area contributed by atoms with E-state index in [4.69, 9.17) is 4.74 Å². The number of nitrogens with one attached hydrogen (secondary N) is 1. The van der Waals surface area contributed by atoms with Crippen LogP contribution in [0.1, 0.15) is 0 Å². The molecule has 4 rings (SSSR count). The molecule has 148 valence electrons. The number of hydrogen-bond acceptors (Lipinski definition) is 7. The molecule has 0 aliphatic carbocycles. The number of carbonyl (C=O) groups is 3. The summed E-state index contributed by atoms with van der Waals surface area (Å²) in [5, 5.41) is 11.5. The smallest absolute Gasteiger partial charge is 0.263 e. The molecule has 0 unspecified atom stereocenters. The molecule has 1 N–H and O–H groups in total. The second kappa shape index (κ2) is 7.30. The van der Waals surface area contributed by atoms with E-state index in [1.165, 1.54) is 24.3 Å². The summed E-state index contributed by atoms with van der Waals surface area (Å²) in [6.07, 6.45) is 0. The van der Waals surface area contributed by atoms with Crippen LogP contribution in [-0.2, 0) is 14.4 Å². The first-order valence-corrected chi connectivity index (χ1v) is 8.72. The molecule has 2 atom stereocenters. The van der Waals surface area contributed by atoms with Gasteiger partial charge in [-0.15, -0.1) is 0 Å². The number of rotatable bonds is 5. The molecule has 3 amide bonds. The second-order valence-corrected chi connectivity index (χ2v) is 6.46. The Kier molecular flexibility index (Phi) is 4.67. The first-order valence-electron chi connectivity index (χ1n) is 8.72. The van der Waals surface area contributed by atoms with Gasteiger partial charge in [0.1, 0.15) is 18.1 Å². The number of benzene rings is 2. The molecule has 2 aromatic carbocycles. The van der Waals surface area contributed by atoms with Crippen molar-refractivity contribution in [1.29, 1.82) is 0 Å². The monoisotopic (exact) mass is 397 g/mol. The highest BCUT2D eigenvalue weighted by Gasteiger charge is 2.55. The predicted octanol–water partition coefficient (Wildman–Crippen LogP) is 1.77. The van der Waals surface area contributed by atoms with Crippen LogP contribution in [0.4, 0.5) is 15.8 Å². The van der Waals surface area contributed by atoms with E-state index in [1.807, 2.05) is 0 Å². The van der Waals surface area contributed by atoms with Crippen LogP contribution in [0.15, 0.2) is 58.9 Å². The summed E-state index contributed by atoms with van der Waals surface area (Å²) in [6, 6.07) is 9.69. The Hall–Kier alpha value is -3.82. The summed E-state index contributed by atoms with van der Waals surface area (Å²) in [5.41, 5.74) is 0.791. The minimum Gasteiger partial charge on any atom is -0.497 e. The standard InChI is InChI=1S/C19H16FN5O4/c1-29-14-8-4-12(5-9-14)21-15(26)10-24-17-16(22-23-24)18(27)25(19(17)28)13-6-2-11(20)3-7-13/h2-9,16-17H,10H2,1H3,(H,21,26)/t16-,17-/m1/s1. The van der Waals surface area contributed by atoms with Crippen molar-refractivity contribution in [1.82, 2.24) is 5.01 Å². The van der Waals surface area contributed by atoms with E-state index in [0.29, 0.717) is 11.4 Å². The molecule has 1 fully saturated rings. The lowest BCUT2D eigenvalue weighted by atomic mass is 10.1. The van der Waals surface area contributed by atoms with Gasteiger partial charge in [-0.05, 0) is 48.5 Å². The molecule has 1 saturated heterocycles. The van der Waals surface area contributed by atoms with Gasteiger partial charge < -0.3 is 10.1 Å². The molecule has 2 aromatic rings. The van der Waals surface area contributed by atoms with Gasteiger partial charge in [-0.25, -0.2) is 9.29 Å². The Labute approximate surface area is 164 Å². The van der Waals surface area contributed by atoms with Crippen LogP contribution in [-0.4, -0.2) is 48.5 Å². The minimum absolute atomic E-state index is 0.244. The van der Waals surface area contributed by atoms with Crippen molar-refractivity contribution in [2.24, 2.45) is 10.3 Å². The van der Waals surface area contributed by atoms with Crippen molar-refractivity contribution in [3.63, 3.8) is 0 Å². The lowest BCUT2D eigenvalue weighted by Crippen LogP contribution is -2.43. The van der Waals surface area contributed by atoms with Crippen molar-refractivity contribution in [2.75, 3.05) is 23.9 Å². The van der Waals surface area contributed by atoms with Crippen molar-refractivity contribution >= 4 is 29.1 Å². The first kappa shape index (κ1) is 18.5. The van der Waals surface area contributed by atoms with E-state index in [9.17, 15) is 18.8 Å². The summed E-state index contributed by atoms with van der Waals surface area (Å²) in [4.78, 5) is 38.7. The number of ether oxygens (including phenoxy) is 1. The number of hydrogen-bond donors (Lipinski definition) is 1. The van der Waals surface area contributed by atoms with Crippen LogP contribution in [0.3, 0.4) is 0 Å². The lowest BCUT2D eigenvalue weighted by Gasteiger charge is -2.20. The van der Waals surface area contributed by atoms with E-state index in [1.54, 1.807) is 24.3 Å². The maximum Gasteiger partial charge on any atom is 0.263 e. The van der Waals surface area contributed by atoms with Gasteiger partial charge in [0, 0.05) is 5.69 Å². The van der Waals surface area contributed by atoms with Gasteiger partial charge in [0.15, 0.2) is 12.1 Å². The van der Waals surface area contributed by atoms with Crippen molar-refractivity contribution < 1.29 is 23.5 Å². The molecular formula is C19H16FN5O4. The Morgan fingerprint density at radius 2 is 1.79 bits per heavy atom. The third kappa shape index (κ3) is 3.40. The van der Waals surface area contributed by atoms with Gasteiger partial charge in [0.05, 0.1) is 12.8 Å². The Morgan fingerprint density at radius 1 is 1.10 bits per heavy atom. The van der Waals surface area contributed by atoms with Crippen molar-refractivity contribution in [3.05, 3.63) is 54.3 Å². The SMILES string of the molecule is COc1ccc(NC(=O)CN2N=N[C@H]3C(=O)N(c4ccc(F)cc4)C(=O)[C@@H]32)cc1. The van der Waals surface area contributed by atoms with Gasteiger partial charge in [-0.1, -0.05) is 5.22 Å². The fourth-order valence-electron chi connectivity index (χ4n) is 3.22. The van der Waals surface area contributed by atoms with Gasteiger partial charge >= 0.3 is 0 Å². The highest BCUT2D eigenvalue weighted by Crippen LogP contribution is 2.31. The lowest BCUT2D eigenvalue weighted by molar-refractivity contribution is -0.123. The average Bonchev–Trinajstić information content (AvgIpc) is 3.23. The third-order valence-corrected chi connectivity index (χ3v) is 4.62. The number of amides is 3. The number of methoxy groups -OCH3 is 1. The predicted molar refractivity (Wildman–Crippen MR) is 99.7 cm³/mol. The van der Waals surface area contributed by atoms with E-state index in [0.717, 1.165) is 17.0 Å². The number of anilines is 2. The number of imide groups is 1. The number of fused-ring (bicyclic) bond motifs is 1. The summed E-state index contributed by atoms with van der Waals surface area (Å²) in [6.45, 7) is -0.257. The van der Waals surface area contributed by atoms with E-state index < -0.39 is 35.6 Å². The zero-order chi connectivity index (χ0) is 20.5. The van der Waals surface area contributed by atoms with Crippen LogP contribution in [0.5, 0.6) is 5.75 Å². The molecule has 9 nitrogen and oxygen atoms in total. The molecule has 0 saturated carbocycles. The highest BCUT2D eigenvalue weighted by molar-refractivity contribution is 6.25. The van der Waals surface area contributed by atoms with Gasteiger partial charge in [-0.3, -0.25) is 19.4 Å². The zero-order valence-corrected chi connectivity index (χ0v) is 15.3. The molecule has 10 heteroatoms. The number of halogens is 1. The van der Waals surface area contributed by atoms with E-state index in [-0.39, 0.29) is 12.2 Å². The van der Waals surface area contributed by atoms with E-state index >= 15 is 0 Å². The summed E-state index contributed by atoms with van der Waals surface area (Å²) >= 11 is 0. The molecule has 0 spiro atoms. The molecule has 2 aliphatic rings. The van der Waals surface area contributed by atoms with Crippen LogP contribution >= 0.6 is 0 Å². The van der Waals surface area contributed by atoms with Crippen molar-refractivity contribution in [3.8, 4) is 5.75 Å². The summed E-state index contributed by atoms with van der Waals surface area (Å²) < 4.78 is 18.2. The highest BCUT2D eigenvalue weighted by atomic mass is 19.1. The van der Waals surface area contributed by atoms with Crippen LogP contribution in [0.2, 0.25) is 0 Å². The normalized spacial score (nSPS) is 20.2. The molecule has 2 heterocycles. The quantitative estimate of drug-likeness (QED) is 0.775. The van der Waals surface area contributed by atoms with Crippen molar-refractivity contribution in [2.45, 2.75) is 12.1 Å². The maximum atomic E-state index is 13.1. The molecule has 0 aromatic heterocycles. The fraction of sp³-hybridized carbons (Fsp3) is 0.211. The number of nitrogens with zero attached hydrogens (tertiary/aromatic N) is 4. The zero-order valence-electron chi connectivity index (χ0n) is 15.3. The van der Waals surface area contributed by atoms with Gasteiger partial charge in [-0.2, -0.15) is 5.11 Å². The second-order valence-electron chi connectivity index (χ2n) is 6.46. The third-order valence-electron chi connectivity index (χ3n) is 4.62. The molecule has 29 heavy (non-hydrogen) atoms. The topological polar surface area (TPSA) is 104 Å². The summed E-state index contributed by atoms with van der Waals surface area (Å²) in [5.74, 6) is -1.38. The maximum absolute atomic E-state index is 13.1. The fourth-order valence-corrected chi connectivity index (χ4v) is 3.22. The largest absolute Gasteiger partial charge is 0.497 e. The first-order chi connectivity index (χ1) is 14.0. The molecule has 0 bridgehead atoms. The Bertz CT molecular complexity index is 993. The molecule has 0 radical (unpaired) electrons. The van der Waals surface area contributed by atoms with E-state index in [2.05, 4.69) is 15.7 Å². The Balaban J connectivity index is 1.45. The van der Waals surface area contributed by atoms with Crippen LogP contribution in [0.25, 0.3) is 0 Å². The number of carbonyl (C=O) groups excluding carboxylic acids is 3. The average molecular weight is 397 g/mol. The molecule has 2 aliphatic heterocycles. The van der Waals surface area contributed by atoms with Gasteiger partial charge in [0.2, 0.25) is 5.91 Å². The minimum atomic E-state index is -1.03. The van der Waals surface area contributed by atoms with Crippen LogP contribution < -0.4 is 15.0 Å².